The molecule has 3 N–H and O–H groups in total. The van der Waals surface area contributed by atoms with Crippen LogP contribution in [-0.2, 0) is 9.59 Å². The molecule has 0 aromatic carbocycles. The molecule has 1 aliphatic heterocycles. The van der Waals surface area contributed by atoms with Crippen LogP contribution in [0.4, 0.5) is 0 Å². The fraction of sp³-hybridized carbons (Fsp3) is 0.714. The van der Waals surface area contributed by atoms with E-state index in [1.807, 2.05) is 0 Å². The van der Waals surface area contributed by atoms with Crippen LogP contribution in [0.25, 0.3) is 0 Å². The number of carboxylic acid groups (broad SMARTS) is 1. The van der Waals surface area contributed by atoms with Crippen molar-refractivity contribution in [1.82, 2.24) is 5.32 Å². The summed E-state index contributed by atoms with van der Waals surface area (Å²) in [6.07, 6.45) is 0.542. The zero-order valence-electron chi connectivity index (χ0n) is 6.49. The number of piperidine rings is 1. The Bertz CT molecular complexity index is 204. The molecule has 1 rings (SSSR count). The molecule has 0 unspecified atom stereocenters. The first-order chi connectivity index (χ1) is 5.65. The topological polar surface area (TPSA) is 86.6 Å². The van der Waals surface area contributed by atoms with Gasteiger partial charge < -0.3 is 15.5 Å². The van der Waals surface area contributed by atoms with Crippen molar-refractivity contribution >= 4 is 11.9 Å². The van der Waals surface area contributed by atoms with E-state index in [2.05, 4.69) is 5.32 Å². The first kappa shape index (κ1) is 8.99. The molecule has 0 saturated carbocycles. The smallest absolute Gasteiger partial charge is 0.308 e. The van der Waals surface area contributed by atoms with Gasteiger partial charge in [-0.2, -0.15) is 0 Å². The summed E-state index contributed by atoms with van der Waals surface area (Å²) in [7, 11) is 0. The minimum absolute atomic E-state index is 0.188. The summed E-state index contributed by atoms with van der Waals surface area (Å²) in [5, 5.41) is 19.8. The second kappa shape index (κ2) is 3.53. The SMILES string of the molecule is O=C1CC[C@@H](C(=O)O)[C@H](CO)N1. The molecule has 12 heavy (non-hydrogen) atoms. The lowest BCUT2D eigenvalue weighted by Gasteiger charge is -2.27. The number of aliphatic carboxylic acids is 1. The quantitative estimate of drug-likeness (QED) is 0.497. The number of aliphatic hydroxyl groups is 1. The highest BCUT2D eigenvalue weighted by Crippen LogP contribution is 2.16. The van der Waals surface area contributed by atoms with Crippen LogP contribution in [0.1, 0.15) is 12.8 Å². The summed E-state index contributed by atoms with van der Waals surface area (Å²) < 4.78 is 0. The third-order valence-corrected chi connectivity index (χ3v) is 2.03. The molecule has 5 heteroatoms. The van der Waals surface area contributed by atoms with E-state index in [9.17, 15) is 9.59 Å². The van der Waals surface area contributed by atoms with Gasteiger partial charge in [0.2, 0.25) is 5.91 Å². The number of nitrogens with one attached hydrogen (secondary N) is 1. The minimum Gasteiger partial charge on any atom is -0.481 e. The van der Waals surface area contributed by atoms with Crippen molar-refractivity contribution in [1.29, 1.82) is 0 Å². The van der Waals surface area contributed by atoms with Crippen LogP contribution in [-0.4, -0.2) is 34.7 Å². The normalized spacial score (nSPS) is 29.6. The molecule has 1 amide bonds. The summed E-state index contributed by atoms with van der Waals surface area (Å²) in [6.45, 7) is -0.317. The lowest BCUT2D eigenvalue weighted by Crippen LogP contribution is -2.49. The largest absolute Gasteiger partial charge is 0.481 e. The predicted octanol–water partition coefficient (Wildman–Crippen LogP) is -1.04. The number of hydrogen-bond donors (Lipinski definition) is 3. The zero-order chi connectivity index (χ0) is 9.14. The van der Waals surface area contributed by atoms with E-state index in [1.54, 1.807) is 0 Å². The Morgan fingerprint density at radius 3 is 2.83 bits per heavy atom. The van der Waals surface area contributed by atoms with Crippen LogP contribution in [0.3, 0.4) is 0 Å². The van der Waals surface area contributed by atoms with Crippen molar-refractivity contribution in [2.45, 2.75) is 18.9 Å². The Morgan fingerprint density at radius 1 is 1.67 bits per heavy atom. The maximum atomic E-state index is 10.8. The van der Waals surface area contributed by atoms with Gasteiger partial charge in [0.1, 0.15) is 0 Å². The second-order valence-electron chi connectivity index (χ2n) is 2.84. The Hall–Kier alpha value is -1.10. The fourth-order valence-corrected chi connectivity index (χ4v) is 1.34. The lowest BCUT2D eigenvalue weighted by molar-refractivity contribution is -0.145. The van der Waals surface area contributed by atoms with Crippen molar-refractivity contribution in [3.05, 3.63) is 0 Å². The molecule has 0 aromatic rings. The van der Waals surface area contributed by atoms with Gasteiger partial charge in [-0.25, -0.2) is 0 Å². The van der Waals surface area contributed by atoms with E-state index in [1.165, 1.54) is 0 Å². The van der Waals surface area contributed by atoms with Crippen LogP contribution in [0.15, 0.2) is 0 Å². The standard InChI is InChI=1S/C7H11NO4/c9-3-5-4(7(11)12)1-2-6(10)8-5/h4-5,9H,1-3H2,(H,8,10)(H,11,12)/t4-,5+/m1/s1. The second-order valence-corrected chi connectivity index (χ2v) is 2.84. The Labute approximate surface area is 69.4 Å². The number of aliphatic hydroxyl groups excluding tert-OH is 1. The van der Waals surface area contributed by atoms with E-state index in [4.69, 9.17) is 10.2 Å². The predicted molar refractivity (Wildman–Crippen MR) is 39.4 cm³/mol. The van der Waals surface area contributed by atoms with E-state index >= 15 is 0 Å². The monoisotopic (exact) mass is 173 g/mol. The highest BCUT2D eigenvalue weighted by molar-refractivity contribution is 5.81. The van der Waals surface area contributed by atoms with Gasteiger partial charge in [-0.3, -0.25) is 9.59 Å². The third-order valence-electron chi connectivity index (χ3n) is 2.03. The number of rotatable bonds is 2. The van der Waals surface area contributed by atoms with Gasteiger partial charge in [0.25, 0.3) is 0 Å². The fourth-order valence-electron chi connectivity index (χ4n) is 1.34. The van der Waals surface area contributed by atoms with Gasteiger partial charge in [0, 0.05) is 6.42 Å². The lowest BCUT2D eigenvalue weighted by atomic mass is 9.91. The van der Waals surface area contributed by atoms with Crippen molar-refractivity contribution in [2.24, 2.45) is 5.92 Å². The minimum atomic E-state index is -0.964. The highest BCUT2D eigenvalue weighted by atomic mass is 16.4. The molecule has 0 radical (unpaired) electrons. The van der Waals surface area contributed by atoms with Crippen LogP contribution in [0.5, 0.6) is 0 Å². The molecule has 1 aliphatic rings. The van der Waals surface area contributed by atoms with Crippen LogP contribution < -0.4 is 5.32 Å². The van der Waals surface area contributed by atoms with Gasteiger partial charge in [-0.1, -0.05) is 0 Å². The maximum Gasteiger partial charge on any atom is 0.308 e. The summed E-state index contributed by atoms with van der Waals surface area (Å²) in [5.74, 6) is -1.80. The molecule has 0 bridgehead atoms. The van der Waals surface area contributed by atoms with Gasteiger partial charge in [0.15, 0.2) is 0 Å². The molecule has 2 atom stereocenters. The van der Waals surface area contributed by atoms with Crippen LogP contribution in [0, 0.1) is 5.92 Å². The highest BCUT2D eigenvalue weighted by Gasteiger charge is 2.32. The number of carboxylic acids is 1. The van der Waals surface area contributed by atoms with Gasteiger partial charge in [-0.05, 0) is 6.42 Å². The molecular formula is C7H11NO4. The molecule has 0 spiro atoms. The molecule has 0 aliphatic carbocycles. The first-order valence-electron chi connectivity index (χ1n) is 3.78. The zero-order valence-corrected chi connectivity index (χ0v) is 6.49. The summed E-state index contributed by atoms with van der Waals surface area (Å²) in [6, 6.07) is -0.622. The Morgan fingerprint density at radius 2 is 2.33 bits per heavy atom. The Balaban J connectivity index is 2.62. The van der Waals surface area contributed by atoms with Crippen molar-refractivity contribution < 1.29 is 19.8 Å². The third kappa shape index (κ3) is 1.73. The number of hydrogen-bond acceptors (Lipinski definition) is 3. The van der Waals surface area contributed by atoms with Crippen LogP contribution >= 0.6 is 0 Å². The first-order valence-corrected chi connectivity index (χ1v) is 3.78. The van der Waals surface area contributed by atoms with E-state index in [-0.39, 0.29) is 18.9 Å². The van der Waals surface area contributed by atoms with Crippen molar-refractivity contribution in [2.75, 3.05) is 6.61 Å². The van der Waals surface area contributed by atoms with Crippen molar-refractivity contribution in [3.63, 3.8) is 0 Å². The number of carbonyl (C=O) groups excluding carboxylic acids is 1. The van der Waals surface area contributed by atoms with E-state index in [0.29, 0.717) is 6.42 Å². The molecular weight excluding hydrogens is 162 g/mol. The maximum absolute atomic E-state index is 10.8. The Kier molecular flexibility index (Phi) is 2.65. The summed E-state index contributed by atoms with van der Waals surface area (Å²) in [4.78, 5) is 21.4. The van der Waals surface area contributed by atoms with E-state index in [0.717, 1.165) is 0 Å². The summed E-state index contributed by atoms with van der Waals surface area (Å²) in [5.41, 5.74) is 0. The van der Waals surface area contributed by atoms with Crippen molar-refractivity contribution in [3.8, 4) is 0 Å². The average molecular weight is 173 g/mol. The molecule has 1 heterocycles. The van der Waals surface area contributed by atoms with Gasteiger partial charge in [-0.15, -0.1) is 0 Å². The van der Waals surface area contributed by atoms with E-state index < -0.39 is 17.9 Å². The molecule has 0 aromatic heterocycles. The van der Waals surface area contributed by atoms with Gasteiger partial charge >= 0.3 is 5.97 Å². The average Bonchev–Trinajstić information content (AvgIpc) is 2.03. The molecule has 1 fully saturated rings. The number of amides is 1. The van der Waals surface area contributed by atoms with Gasteiger partial charge in [0.05, 0.1) is 18.6 Å². The van der Waals surface area contributed by atoms with Crippen LogP contribution in [0.2, 0.25) is 0 Å². The molecule has 1 saturated heterocycles. The molecule has 5 nitrogen and oxygen atoms in total. The summed E-state index contributed by atoms with van der Waals surface area (Å²) >= 11 is 0. The number of carbonyl (C=O) groups is 2. The molecule has 68 valence electrons.